The van der Waals surface area contributed by atoms with E-state index in [4.69, 9.17) is 5.26 Å². The van der Waals surface area contributed by atoms with Crippen LogP contribution in [0, 0.1) is 17.1 Å². The highest BCUT2D eigenvalue weighted by molar-refractivity contribution is 5.52. The van der Waals surface area contributed by atoms with E-state index in [1.54, 1.807) is 16.8 Å². The Morgan fingerprint density at radius 3 is 2.81 bits per heavy atom. The van der Waals surface area contributed by atoms with Gasteiger partial charge in [-0.05, 0) is 53.6 Å². The topological polar surface area (TPSA) is 82.7 Å². The summed E-state index contributed by atoms with van der Waals surface area (Å²) in [5, 5.41) is 24.2. The summed E-state index contributed by atoms with van der Waals surface area (Å²) < 4.78 is 16.0. The van der Waals surface area contributed by atoms with Crippen molar-refractivity contribution < 1.29 is 4.39 Å². The van der Waals surface area contributed by atoms with E-state index in [9.17, 15) is 4.39 Å². The molecule has 1 aromatic heterocycles. The monoisotopic (exact) mass is 363 g/mol. The van der Waals surface area contributed by atoms with Gasteiger partial charge in [0.1, 0.15) is 5.82 Å². The number of aromatic nitrogens is 4. The lowest BCUT2D eigenvalue weighted by Gasteiger charge is -2.35. The summed E-state index contributed by atoms with van der Waals surface area (Å²) in [6.07, 6.45) is 1.86. The summed E-state index contributed by atoms with van der Waals surface area (Å²) in [5.74, 6) is 0.192. The molecule has 1 fully saturated rings. The molecule has 1 atom stereocenters. The first-order valence-electron chi connectivity index (χ1n) is 8.79. The lowest BCUT2D eigenvalue weighted by Crippen LogP contribution is -2.43. The van der Waals surface area contributed by atoms with Crippen LogP contribution in [0.15, 0.2) is 48.5 Å². The van der Waals surface area contributed by atoms with Crippen molar-refractivity contribution in [3.63, 3.8) is 0 Å². The quantitative estimate of drug-likeness (QED) is 0.767. The number of piperidine rings is 1. The summed E-state index contributed by atoms with van der Waals surface area (Å²) >= 11 is 0. The molecule has 8 heteroatoms. The number of para-hydroxylation sites is 1. The summed E-state index contributed by atoms with van der Waals surface area (Å²) in [4.78, 5) is 1.99. The standard InChI is InChI=1S/C19H18FN7/c20-17-11-14(12-21)8-9-18(17)26-10-4-5-15(13-26)22-19-23-24-25-27(19)16-6-2-1-3-7-16/h1-3,6-9,11,15H,4-5,10,13H2,(H,22,23,25). The van der Waals surface area contributed by atoms with Gasteiger partial charge in [0, 0.05) is 19.1 Å². The first-order valence-corrected chi connectivity index (χ1v) is 8.79. The third-order valence-corrected chi connectivity index (χ3v) is 4.64. The number of nitrogens with zero attached hydrogens (tertiary/aromatic N) is 6. The van der Waals surface area contributed by atoms with Gasteiger partial charge in [-0.15, -0.1) is 0 Å². The van der Waals surface area contributed by atoms with Gasteiger partial charge >= 0.3 is 0 Å². The molecule has 1 unspecified atom stereocenters. The molecular formula is C19H18FN7. The summed E-state index contributed by atoms with van der Waals surface area (Å²) in [7, 11) is 0. The van der Waals surface area contributed by atoms with Gasteiger partial charge in [-0.25, -0.2) is 4.39 Å². The number of hydrogen-bond donors (Lipinski definition) is 1. The maximum absolute atomic E-state index is 14.4. The third kappa shape index (κ3) is 3.58. The van der Waals surface area contributed by atoms with Crippen LogP contribution in [0.5, 0.6) is 0 Å². The van der Waals surface area contributed by atoms with Crippen molar-refractivity contribution in [2.75, 3.05) is 23.3 Å². The van der Waals surface area contributed by atoms with Gasteiger partial charge in [-0.3, -0.25) is 0 Å². The predicted octanol–water partition coefficient (Wildman–Crippen LogP) is 2.75. The van der Waals surface area contributed by atoms with Crippen LogP contribution in [0.1, 0.15) is 18.4 Å². The van der Waals surface area contributed by atoms with Crippen LogP contribution in [0.4, 0.5) is 16.0 Å². The lowest BCUT2D eigenvalue weighted by molar-refractivity contribution is 0.516. The van der Waals surface area contributed by atoms with Crippen molar-refractivity contribution >= 4 is 11.6 Å². The highest BCUT2D eigenvalue weighted by Gasteiger charge is 2.24. The Morgan fingerprint density at radius 2 is 2.04 bits per heavy atom. The van der Waals surface area contributed by atoms with Gasteiger partial charge in [-0.2, -0.15) is 9.94 Å². The number of tetrazole rings is 1. The lowest BCUT2D eigenvalue weighted by atomic mass is 10.0. The number of halogens is 1. The van der Waals surface area contributed by atoms with Crippen LogP contribution in [0.3, 0.4) is 0 Å². The minimum Gasteiger partial charge on any atom is -0.367 e. The first-order chi connectivity index (χ1) is 13.2. The van der Waals surface area contributed by atoms with Crippen LogP contribution in [0.2, 0.25) is 0 Å². The Hall–Kier alpha value is -3.47. The average molecular weight is 363 g/mol. The molecule has 1 aliphatic heterocycles. The minimum atomic E-state index is -0.371. The minimum absolute atomic E-state index is 0.0854. The van der Waals surface area contributed by atoms with E-state index in [0.29, 0.717) is 23.7 Å². The fourth-order valence-electron chi connectivity index (χ4n) is 3.35. The number of anilines is 2. The maximum atomic E-state index is 14.4. The zero-order valence-corrected chi connectivity index (χ0v) is 14.6. The van der Waals surface area contributed by atoms with Gasteiger partial charge < -0.3 is 10.2 Å². The van der Waals surface area contributed by atoms with E-state index >= 15 is 0 Å². The highest BCUT2D eigenvalue weighted by Crippen LogP contribution is 2.25. The number of nitriles is 1. The number of nitrogens with one attached hydrogen (secondary N) is 1. The van der Waals surface area contributed by atoms with E-state index in [2.05, 4.69) is 20.8 Å². The molecule has 2 heterocycles. The summed E-state index contributed by atoms with van der Waals surface area (Å²) in [6.45, 7) is 1.40. The fourth-order valence-corrected chi connectivity index (χ4v) is 3.35. The van der Waals surface area contributed by atoms with Gasteiger partial charge in [0.25, 0.3) is 0 Å². The molecule has 4 rings (SSSR count). The van der Waals surface area contributed by atoms with Gasteiger partial charge in [0.15, 0.2) is 0 Å². The zero-order chi connectivity index (χ0) is 18.6. The first kappa shape index (κ1) is 17.0. The van der Waals surface area contributed by atoms with Crippen molar-refractivity contribution in [3.8, 4) is 11.8 Å². The molecule has 0 amide bonds. The second kappa shape index (κ2) is 7.41. The van der Waals surface area contributed by atoms with Crippen LogP contribution in [0.25, 0.3) is 5.69 Å². The van der Waals surface area contributed by atoms with Crippen molar-refractivity contribution in [3.05, 3.63) is 59.9 Å². The van der Waals surface area contributed by atoms with E-state index in [0.717, 1.165) is 25.1 Å². The van der Waals surface area contributed by atoms with Crippen molar-refractivity contribution in [1.82, 2.24) is 20.2 Å². The number of benzene rings is 2. The average Bonchev–Trinajstić information content (AvgIpc) is 3.17. The van der Waals surface area contributed by atoms with Crippen LogP contribution >= 0.6 is 0 Å². The molecule has 0 aliphatic carbocycles. The Balaban J connectivity index is 1.50. The molecule has 27 heavy (non-hydrogen) atoms. The molecule has 1 aliphatic rings. The highest BCUT2D eigenvalue weighted by atomic mass is 19.1. The Labute approximate surface area is 156 Å². The zero-order valence-electron chi connectivity index (χ0n) is 14.6. The van der Waals surface area contributed by atoms with Crippen molar-refractivity contribution in [2.24, 2.45) is 0 Å². The number of hydrogen-bond acceptors (Lipinski definition) is 6. The summed E-state index contributed by atoms with van der Waals surface area (Å²) in [6, 6.07) is 16.3. The van der Waals surface area contributed by atoms with E-state index in [-0.39, 0.29) is 11.9 Å². The predicted molar refractivity (Wildman–Crippen MR) is 99.1 cm³/mol. The molecule has 2 aromatic carbocycles. The second-order valence-electron chi connectivity index (χ2n) is 6.46. The van der Waals surface area contributed by atoms with Crippen LogP contribution in [-0.4, -0.2) is 39.3 Å². The van der Waals surface area contributed by atoms with E-state index < -0.39 is 0 Å². The maximum Gasteiger partial charge on any atom is 0.248 e. The SMILES string of the molecule is N#Cc1ccc(N2CCCC(Nc3nnnn3-c3ccccc3)C2)c(F)c1. The fraction of sp³-hybridized carbons (Fsp3) is 0.263. The normalized spacial score (nSPS) is 16.7. The number of rotatable bonds is 4. The van der Waals surface area contributed by atoms with E-state index in [1.165, 1.54) is 6.07 Å². The van der Waals surface area contributed by atoms with Gasteiger partial charge in [0.05, 0.1) is 23.0 Å². The van der Waals surface area contributed by atoms with Gasteiger partial charge in [-0.1, -0.05) is 23.3 Å². The second-order valence-corrected chi connectivity index (χ2v) is 6.46. The molecule has 0 spiro atoms. The molecule has 0 saturated carbocycles. The molecule has 0 radical (unpaired) electrons. The molecule has 3 aromatic rings. The Bertz CT molecular complexity index is 964. The van der Waals surface area contributed by atoms with Crippen molar-refractivity contribution in [1.29, 1.82) is 5.26 Å². The summed E-state index contributed by atoms with van der Waals surface area (Å²) in [5.41, 5.74) is 1.71. The molecule has 1 N–H and O–H groups in total. The molecule has 1 saturated heterocycles. The van der Waals surface area contributed by atoms with Crippen LogP contribution < -0.4 is 10.2 Å². The molecule has 0 bridgehead atoms. The van der Waals surface area contributed by atoms with Gasteiger partial charge in [0.2, 0.25) is 5.95 Å². The molecule has 136 valence electrons. The Kier molecular flexibility index (Phi) is 4.66. The van der Waals surface area contributed by atoms with Crippen molar-refractivity contribution in [2.45, 2.75) is 18.9 Å². The third-order valence-electron chi connectivity index (χ3n) is 4.64. The van der Waals surface area contributed by atoms with E-state index in [1.807, 2.05) is 41.3 Å². The Morgan fingerprint density at radius 1 is 1.19 bits per heavy atom. The molecular weight excluding hydrogens is 345 g/mol. The largest absolute Gasteiger partial charge is 0.367 e. The smallest absolute Gasteiger partial charge is 0.248 e. The molecule has 7 nitrogen and oxygen atoms in total. The van der Waals surface area contributed by atoms with Crippen LogP contribution in [-0.2, 0) is 0 Å².